The van der Waals surface area contributed by atoms with Gasteiger partial charge in [-0.05, 0) is 13.8 Å². The van der Waals surface area contributed by atoms with Gasteiger partial charge in [-0.3, -0.25) is 0 Å². The summed E-state index contributed by atoms with van der Waals surface area (Å²) in [5.41, 5.74) is -0.201. The molecule has 0 bridgehead atoms. The van der Waals surface area contributed by atoms with Crippen LogP contribution in [-0.4, -0.2) is 31.5 Å². The minimum atomic E-state index is -0.403. The monoisotopic (exact) mass is 147 g/mol. The summed E-state index contributed by atoms with van der Waals surface area (Å²) in [5.74, 6) is 0. The molecule has 0 aromatic carbocycles. The van der Waals surface area contributed by atoms with Crippen molar-refractivity contribution >= 4 is 0 Å². The van der Waals surface area contributed by atoms with Gasteiger partial charge in [-0.2, -0.15) is 0 Å². The maximum absolute atomic E-state index is 12.2. The van der Waals surface area contributed by atoms with Crippen molar-refractivity contribution in [2.24, 2.45) is 0 Å². The summed E-state index contributed by atoms with van der Waals surface area (Å²) in [6.07, 6.45) is -0.277. The number of nitrogens with one attached hydrogen (secondary N) is 1. The van der Waals surface area contributed by atoms with Crippen molar-refractivity contribution in [2.45, 2.75) is 25.5 Å². The predicted octanol–water partition coefficient (Wildman–Crippen LogP) is 0.723. The second-order valence-electron chi connectivity index (χ2n) is 3.16. The van der Waals surface area contributed by atoms with E-state index in [-0.39, 0.29) is 11.6 Å². The van der Waals surface area contributed by atoms with Gasteiger partial charge in [0.05, 0.1) is 6.61 Å². The lowest BCUT2D eigenvalue weighted by Gasteiger charge is -2.37. The largest absolute Gasteiger partial charge is 0.372 e. The highest BCUT2D eigenvalue weighted by Crippen LogP contribution is 2.16. The molecule has 2 nitrogen and oxygen atoms in total. The summed E-state index contributed by atoms with van der Waals surface area (Å²) >= 11 is 0. The van der Waals surface area contributed by atoms with Crippen molar-refractivity contribution in [1.29, 1.82) is 0 Å². The van der Waals surface area contributed by atoms with Gasteiger partial charge in [0.25, 0.3) is 0 Å². The van der Waals surface area contributed by atoms with Crippen molar-refractivity contribution in [1.82, 2.24) is 5.32 Å². The summed E-state index contributed by atoms with van der Waals surface area (Å²) in [5, 5.41) is 3.19. The average Bonchev–Trinajstić information content (AvgIpc) is 1.87. The van der Waals surface area contributed by atoms with E-state index in [2.05, 4.69) is 5.32 Å². The Morgan fingerprint density at radius 3 is 2.80 bits per heavy atom. The fraction of sp³-hybridized carbons (Fsp3) is 1.00. The third-order valence-electron chi connectivity index (χ3n) is 1.95. The normalized spacial score (nSPS) is 32.1. The fourth-order valence-corrected chi connectivity index (χ4v) is 1.13. The molecule has 1 aliphatic heterocycles. The van der Waals surface area contributed by atoms with Crippen molar-refractivity contribution in [3.05, 3.63) is 0 Å². The van der Waals surface area contributed by atoms with Gasteiger partial charge in [-0.1, -0.05) is 0 Å². The van der Waals surface area contributed by atoms with Crippen LogP contribution < -0.4 is 5.32 Å². The maximum atomic E-state index is 12.2. The van der Waals surface area contributed by atoms with Crippen molar-refractivity contribution in [3.8, 4) is 0 Å². The molecule has 10 heavy (non-hydrogen) atoms. The molecule has 0 saturated carbocycles. The van der Waals surface area contributed by atoms with Crippen LogP contribution in [0, 0.1) is 0 Å². The Balaban J connectivity index is 2.51. The van der Waals surface area contributed by atoms with E-state index in [1.165, 1.54) is 0 Å². The molecule has 1 saturated heterocycles. The molecule has 1 heterocycles. The van der Waals surface area contributed by atoms with Crippen molar-refractivity contribution in [3.63, 3.8) is 0 Å². The third kappa shape index (κ3) is 1.47. The van der Waals surface area contributed by atoms with Gasteiger partial charge in [-0.25, -0.2) is 4.39 Å². The molecule has 60 valence electrons. The molecule has 1 N–H and O–H groups in total. The molecule has 1 atom stereocenters. The van der Waals surface area contributed by atoms with Gasteiger partial charge in [0.1, 0.15) is 12.8 Å². The zero-order valence-corrected chi connectivity index (χ0v) is 6.48. The number of hydrogen-bond donors (Lipinski definition) is 1. The van der Waals surface area contributed by atoms with Crippen LogP contribution in [0.25, 0.3) is 0 Å². The number of alkyl halides is 1. The smallest absolute Gasteiger partial charge is 0.117 e. The molecule has 0 spiro atoms. The standard InChI is InChI=1S/C7H14FNO/c1-7(2)6(5-8)10-4-3-9-7/h6,9H,3-5H2,1-2H3. The van der Waals surface area contributed by atoms with E-state index in [4.69, 9.17) is 4.74 Å². The quantitative estimate of drug-likeness (QED) is 0.590. The van der Waals surface area contributed by atoms with Crippen LogP contribution in [0.15, 0.2) is 0 Å². The number of morpholine rings is 1. The van der Waals surface area contributed by atoms with Crippen LogP contribution in [-0.2, 0) is 4.74 Å². The summed E-state index contributed by atoms with van der Waals surface area (Å²) in [4.78, 5) is 0. The van der Waals surface area contributed by atoms with E-state index in [9.17, 15) is 4.39 Å². The molecule has 0 aromatic heterocycles. The molecule has 0 aliphatic carbocycles. The lowest BCUT2D eigenvalue weighted by atomic mass is 9.97. The molecular weight excluding hydrogens is 133 g/mol. The number of halogens is 1. The van der Waals surface area contributed by atoms with Crippen LogP contribution >= 0.6 is 0 Å². The van der Waals surface area contributed by atoms with E-state index >= 15 is 0 Å². The van der Waals surface area contributed by atoms with Gasteiger partial charge in [-0.15, -0.1) is 0 Å². The van der Waals surface area contributed by atoms with Crippen molar-refractivity contribution < 1.29 is 9.13 Å². The number of ether oxygens (including phenoxy) is 1. The van der Waals surface area contributed by atoms with Gasteiger partial charge < -0.3 is 10.1 Å². The highest BCUT2D eigenvalue weighted by Gasteiger charge is 2.32. The fourth-order valence-electron chi connectivity index (χ4n) is 1.13. The lowest BCUT2D eigenvalue weighted by molar-refractivity contribution is -0.0481. The van der Waals surface area contributed by atoms with Crippen LogP contribution in [0.2, 0.25) is 0 Å². The summed E-state index contributed by atoms with van der Waals surface area (Å²) in [7, 11) is 0. The molecule has 0 amide bonds. The maximum Gasteiger partial charge on any atom is 0.117 e. The first kappa shape index (κ1) is 7.95. The first-order valence-electron chi connectivity index (χ1n) is 3.59. The molecular formula is C7H14FNO. The zero-order valence-electron chi connectivity index (χ0n) is 6.48. The SMILES string of the molecule is CC1(C)NCCOC1CF. The molecule has 1 unspecified atom stereocenters. The Hall–Kier alpha value is -0.150. The minimum absolute atomic E-state index is 0.201. The lowest BCUT2D eigenvalue weighted by Crippen LogP contribution is -2.57. The molecule has 1 fully saturated rings. The van der Waals surface area contributed by atoms with Crippen LogP contribution in [0.1, 0.15) is 13.8 Å². The summed E-state index contributed by atoms with van der Waals surface area (Å²) in [6.45, 7) is 4.95. The minimum Gasteiger partial charge on any atom is -0.372 e. The van der Waals surface area contributed by atoms with Crippen LogP contribution in [0.4, 0.5) is 4.39 Å². The Labute approximate surface area is 60.8 Å². The molecule has 0 radical (unpaired) electrons. The Kier molecular flexibility index (Phi) is 2.26. The number of rotatable bonds is 1. The predicted molar refractivity (Wildman–Crippen MR) is 37.8 cm³/mol. The summed E-state index contributed by atoms with van der Waals surface area (Å²) in [6, 6.07) is 0. The second-order valence-corrected chi connectivity index (χ2v) is 3.16. The first-order chi connectivity index (χ1) is 4.67. The van der Waals surface area contributed by atoms with Crippen LogP contribution in [0.5, 0.6) is 0 Å². The Bertz CT molecular complexity index is 116. The van der Waals surface area contributed by atoms with E-state index in [1.807, 2.05) is 13.8 Å². The Morgan fingerprint density at radius 1 is 1.70 bits per heavy atom. The average molecular weight is 147 g/mol. The number of hydrogen-bond acceptors (Lipinski definition) is 2. The second kappa shape index (κ2) is 2.84. The first-order valence-corrected chi connectivity index (χ1v) is 3.59. The highest BCUT2D eigenvalue weighted by molar-refractivity contribution is 4.89. The van der Waals surface area contributed by atoms with Crippen molar-refractivity contribution in [2.75, 3.05) is 19.8 Å². The van der Waals surface area contributed by atoms with E-state index in [1.54, 1.807) is 0 Å². The van der Waals surface area contributed by atoms with E-state index in [0.717, 1.165) is 6.54 Å². The summed E-state index contributed by atoms with van der Waals surface area (Å²) < 4.78 is 17.4. The highest BCUT2D eigenvalue weighted by atomic mass is 19.1. The molecule has 1 aliphatic rings. The topological polar surface area (TPSA) is 21.3 Å². The Morgan fingerprint density at radius 2 is 2.40 bits per heavy atom. The molecule has 0 aromatic rings. The van der Waals surface area contributed by atoms with Gasteiger partial charge in [0, 0.05) is 12.1 Å². The molecule has 3 heteroatoms. The van der Waals surface area contributed by atoms with E-state index < -0.39 is 6.67 Å². The van der Waals surface area contributed by atoms with Gasteiger partial charge >= 0.3 is 0 Å². The molecule has 1 rings (SSSR count). The van der Waals surface area contributed by atoms with E-state index in [0.29, 0.717) is 6.61 Å². The van der Waals surface area contributed by atoms with Gasteiger partial charge in [0.2, 0.25) is 0 Å². The van der Waals surface area contributed by atoms with Gasteiger partial charge in [0.15, 0.2) is 0 Å². The van der Waals surface area contributed by atoms with Crippen LogP contribution in [0.3, 0.4) is 0 Å². The third-order valence-corrected chi connectivity index (χ3v) is 1.95. The zero-order chi connectivity index (χ0) is 7.61.